The lowest BCUT2D eigenvalue weighted by Crippen LogP contribution is -2.62. The van der Waals surface area contributed by atoms with Crippen molar-refractivity contribution >= 4 is 17.5 Å². The van der Waals surface area contributed by atoms with E-state index in [1.165, 1.54) is 0 Å². The number of halogens is 6. The minimum Gasteiger partial charge on any atom is -0.341 e. The summed E-state index contributed by atoms with van der Waals surface area (Å²) in [7, 11) is 0. The van der Waals surface area contributed by atoms with Crippen LogP contribution in [0.3, 0.4) is 0 Å². The van der Waals surface area contributed by atoms with Crippen molar-refractivity contribution in [2.45, 2.75) is 71.5 Å². The molecule has 1 aliphatic heterocycles. The quantitative estimate of drug-likeness (QED) is 0.486. The number of carbonyl (C=O) groups excluding carboxylic acids is 2. The van der Waals surface area contributed by atoms with Gasteiger partial charge in [-0.1, -0.05) is 13.8 Å². The Morgan fingerprint density at radius 2 is 1.66 bits per heavy atom. The Morgan fingerprint density at radius 1 is 1.09 bits per heavy atom. The Morgan fingerprint density at radius 3 is 2.17 bits per heavy atom. The molecular weight excluding hydrogens is 476 g/mol. The van der Waals surface area contributed by atoms with Gasteiger partial charge in [0.1, 0.15) is 11.4 Å². The monoisotopic (exact) mass is 509 g/mol. The standard InChI is InChI=1S/C22H27F6N3O2.C2H6/c1-20(2,22(26,27)28)30-17(32)10-31-11-21(12-31)5-3-13(4-6-21)19(33)29-16-8-14(18(24)25)7-15(23)9-16;1-2/h7-9,13,18H,3-6,10-12H2,1-2H3,(H,29,33)(H,30,32);1-2H3. The zero-order valence-electron chi connectivity index (χ0n) is 20.4. The fourth-order valence-electron chi connectivity index (χ4n) is 4.54. The van der Waals surface area contributed by atoms with Crippen molar-refractivity contribution < 1.29 is 35.9 Å². The third kappa shape index (κ3) is 7.35. The molecule has 0 bridgehead atoms. The van der Waals surface area contributed by atoms with Gasteiger partial charge >= 0.3 is 6.18 Å². The van der Waals surface area contributed by atoms with E-state index in [9.17, 15) is 35.9 Å². The average molecular weight is 510 g/mol. The van der Waals surface area contributed by atoms with Gasteiger partial charge in [-0.25, -0.2) is 13.2 Å². The molecule has 1 aromatic rings. The number of anilines is 1. The average Bonchev–Trinajstić information content (AvgIpc) is 2.72. The molecule has 1 heterocycles. The summed E-state index contributed by atoms with van der Waals surface area (Å²) in [5, 5.41) is 4.53. The number of hydrogen-bond donors (Lipinski definition) is 2. The maximum absolute atomic E-state index is 13.5. The normalized spacial score (nSPS) is 18.5. The second kappa shape index (κ2) is 11.2. The van der Waals surface area contributed by atoms with Gasteiger partial charge in [0, 0.05) is 30.3 Å². The molecule has 2 aliphatic rings. The van der Waals surface area contributed by atoms with Crippen LogP contribution in [0.1, 0.15) is 65.4 Å². The van der Waals surface area contributed by atoms with Crippen LogP contribution < -0.4 is 10.6 Å². The molecule has 35 heavy (non-hydrogen) atoms. The second-order valence-corrected chi connectivity index (χ2v) is 9.65. The van der Waals surface area contributed by atoms with Gasteiger partial charge in [0.15, 0.2) is 0 Å². The molecular formula is C24H33F6N3O2. The molecule has 1 saturated heterocycles. The van der Waals surface area contributed by atoms with Gasteiger partial charge in [-0.15, -0.1) is 0 Å². The van der Waals surface area contributed by atoms with Crippen LogP contribution in [-0.4, -0.2) is 48.1 Å². The Kier molecular flexibility index (Phi) is 9.24. The van der Waals surface area contributed by atoms with Crippen molar-refractivity contribution in [2.24, 2.45) is 11.3 Å². The van der Waals surface area contributed by atoms with Gasteiger partial charge in [0.25, 0.3) is 6.43 Å². The lowest BCUT2D eigenvalue weighted by molar-refractivity contribution is -0.189. The molecule has 1 aliphatic carbocycles. The zero-order chi connectivity index (χ0) is 26.6. The molecule has 2 fully saturated rings. The van der Waals surface area contributed by atoms with Gasteiger partial charge in [-0.3, -0.25) is 14.5 Å². The Balaban J connectivity index is 0.00000210. The Hall–Kier alpha value is -2.30. The molecule has 0 radical (unpaired) electrons. The molecule has 2 amide bonds. The van der Waals surface area contributed by atoms with Crippen molar-refractivity contribution in [1.29, 1.82) is 0 Å². The Labute approximate surface area is 201 Å². The van der Waals surface area contributed by atoms with Crippen molar-refractivity contribution in [2.75, 3.05) is 25.0 Å². The summed E-state index contributed by atoms with van der Waals surface area (Å²) < 4.78 is 78.0. The second-order valence-electron chi connectivity index (χ2n) is 9.65. The number of hydrogen-bond acceptors (Lipinski definition) is 3. The molecule has 0 atom stereocenters. The van der Waals surface area contributed by atoms with Crippen LogP contribution in [0.2, 0.25) is 0 Å². The van der Waals surface area contributed by atoms with Gasteiger partial charge in [0.05, 0.1) is 6.54 Å². The van der Waals surface area contributed by atoms with Gasteiger partial charge < -0.3 is 10.6 Å². The number of rotatable bonds is 6. The summed E-state index contributed by atoms with van der Waals surface area (Å²) in [4.78, 5) is 26.3. The van der Waals surface area contributed by atoms with Crippen LogP contribution in [0.5, 0.6) is 0 Å². The summed E-state index contributed by atoms with van der Waals surface area (Å²) in [6, 6.07) is 2.76. The third-order valence-electron chi connectivity index (χ3n) is 6.50. The molecule has 1 saturated carbocycles. The Bertz CT molecular complexity index is 888. The maximum Gasteiger partial charge on any atom is 0.410 e. The number of nitrogens with zero attached hydrogens (tertiary/aromatic N) is 1. The highest BCUT2D eigenvalue weighted by molar-refractivity contribution is 5.92. The van der Waals surface area contributed by atoms with Crippen molar-refractivity contribution in [1.82, 2.24) is 10.2 Å². The van der Waals surface area contributed by atoms with Crippen LogP contribution >= 0.6 is 0 Å². The van der Waals surface area contributed by atoms with Crippen LogP contribution in [0.4, 0.5) is 32.0 Å². The lowest BCUT2D eigenvalue weighted by Gasteiger charge is -2.53. The van der Waals surface area contributed by atoms with E-state index < -0.39 is 35.4 Å². The molecule has 11 heteroatoms. The van der Waals surface area contributed by atoms with Crippen molar-refractivity contribution in [3.05, 3.63) is 29.6 Å². The lowest BCUT2D eigenvalue weighted by atomic mass is 9.65. The third-order valence-corrected chi connectivity index (χ3v) is 6.50. The van der Waals surface area contributed by atoms with E-state index in [-0.39, 0.29) is 29.5 Å². The molecule has 1 spiro atoms. The molecule has 0 unspecified atom stereocenters. The summed E-state index contributed by atoms with van der Waals surface area (Å²) in [5.74, 6) is -2.26. The first-order valence-corrected chi connectivity index (χ1v) is 11.7. The summed E-state index contributed by atoms with van der Waals surface area (Å²) in [6.45, 7) is 6.81. The van der Waals surface area contributed by atoms with Gasteiger partial charge in [-0.05, 0) is 63.1 Å². The topological polar surface area (TPSA) is 61.4 Å². The summed E-state index contributed by atoms with van der Waals surface area (Å²) in [6.07, 6.45) is -4.92. The highest BCUT2D eigenvalue weighted by Crippen LogP contribution is 2.45. The van der Waals surface area contributed by atoms with E-state index in [1.807, 2.05) is 19.2 Å². The molecule has 2 N–H and O–H groups in total. The van der Waals surface area contributed by atoms with E-state index in [0.717, 1.165) is 32.0 Å². The SMILES string of the molecule is CC.CC(C)(NC(=O)CN1CC2(CCC(C(=O)Nc3cc(F)cc(C(F)F)c3)CC2)C1)C(F)(F)F. The van der Waals surface area contributed by atoms with E-state index in [0.29, 0.717) is 38.8 Å². The van der Waals surface area contributed by atoms with Crippen LogP contribution in [0, 0.1) is 17.2 Å². The zero-order valence-corrected chi connectivity index (χ0v) is 20.4. The first kappa shape index (κ1) is 28.9. The summed E-state index contributed by atoms with van der Waals surface area (Å²) >= 11 is 0. The van der Waals surface area contributed by atoms with E-state index in [2.05, 4.69) is 5.32 Å². The van der Waals surface area contributed by atoms with E-state index >= 15 is 0 Å². The van der Waals surface area contributed by atoms with E-state index in [4.69, 9.17) is 0 Å². The molecule has 0 aromatic heterocycles. The van der Waals surface area contributed by atoms with Crippen LogP contribution in [-0.2, 0) is 9.59 Å². The number of nitrogens with one attached hydrogen (secondary N) is 2. The fraction of sp³-hybridized carbons (Fsp3) is 0.667. The largest absolute Gasteiger partial charge is 0.410 e. The maximum atomic E-state index is 13.5. The van der Waals surface area contributed by atoms with Gasteiger partial charge in [0.2, 0.25) is 11.8 Å². The smallest absolute Gasteiger partial charge is 0.341 e. The number of likely N-dealkylation sites (tertiary alicyclic amines) is 1. The number of alkyl halides is 5. The van der Waals surface area contributed by atoms with Crippen LogP contribution in [0.25, 0.3) is 0 Å². The highest BCUT2D eigenvalue weighted by atomic mass is 19.4. The van der Waals surface area contributed by atoms with Gasteiger partial charge in [-0.2, -0.15) is 13.2 Å². The number of benzene rings is 1. The number of carbonyl (C=O) groups is 2. The fourth-order valence-corrected chi connectivity index (χ4v) is 4.54. The highest BCUT2D eigenvalue weighted by Gasteiger charge is 2.50. The minimum atomic E-state index is -4.55. The number of amides is 2. The van der Waals surface area contributed by atoms with Crippen molar-refractivity contribution in [3.63, 3.8) is 0 Å². The molecule has 5 nitrogen and oxygen atoms in total. The van der Waals surface area contributed by atoms with Crippen molar-refractivity contribution in [3.8, 4) is 0 Å². The van der Waals surface area contributed by atoms with Crippen LogP contribution in [0.15, 0.2) is 18.2 Å². The predicted octanol–water partition coefficient (Wildman–Crippen LogP) is 5.68. The molecule has 1 aromatic carbocycles. The summed E-state index contributed by atoms with van der Waals surface area (Å²) in [5.41, 5.74) is -2.92. The predicted molar refractivity (Wildman–Crippen MR) is 120 cm³/mol. The minimum absolute atomic E-state index is 0.0156. The molecule has 3 rings (SSSR count). The first-order chi connectivity index (χ1) is 16.2. The van der Waals surface area contributed by atoms with E-state index in [1.54, 1.807) is 4.90 Å². The molecule has 198 valence electrons. The first-order valence-electron chi connectivity index (χ1n) is 11.7.